The van der Waals surface area contributed by atoms with Gasteiger partial charge < -0.3 is 14.2 Å². The Morgan fingerprint density at radius 2 is 1.64 bits per heavy atom. The SMILES string of the molecule is CCOC(=O)CC1(c2ccc(-c3ccc(-c4onc(C)c4N(C)CCCc4cccc(C(F)(F)F)c4)cc3)cc2)CC1. The van der Waals surface area contributed by atoms with Crippen molar-refractivity contribution in [3.05, 3.63) is 95.2 Å². The maximum atomic E-state index is 13.1. The topological polar surface area (TPSA) is 55.6 Å². The Morgan fingerprint density at radius 1 is 1.00 bits per heavy atom. The lowest BCUT2D eigenvalue weighted by Crippen LogP contribution is -2.20. The van der Waals surface area contributed by atoms with Gasteiger partial charge in [0.05, 0.1) is 18.6 Å². The second-order valence-corrected chi connectivity index (χ2v) is 11.1. The molecule has 0 bridgehead atoms. The third kappa shape index (κ3) is 6.53. The van der Waals surface area contributed by atoms with Crippen molar-refractivity contribution in [1.29, 1.82) is 0 Å². The molecular weight excluding hydrogens is 541 g/mol. The van der Waals surface area contributed by atoms with E-state index < -0.39 is 11.7 Å². The highest BCUT2D eigenvalue weighted by Crippen LogP contribution is 2.51. The highest BCUT2D eigenvalue weighted by molar-refractivity contribution is 5.77. The number of aryl methyl sites for hydroxylation is 2. The third-order valence-electron chi connectivity index (χ3n) is 8.05. The lowest BCUT2D eigenvalue weighted by atomic mass is 9.91. The smallest absolute Gasteiger partial charge is 0.416 e. The molecule has 1 heterocycles. The number of benzene rings is 3. The number of halogens is 3. The number of carbonyl (C=O) groups is 1. The summed E-state index contributed by atoms with van der Waals surface area (Å²) >= 11 is 0. The maximum absolute atomic E-state index is 13.1. The van der Waals surface area contributed by atoms with Gasteiger partial charge in [0.2, 0.25) is 0 Å². The predicted molar refractivity (Wildman–Crippen MR) is 157 cm³/mol. The Labute approximate surface area is 244 Å². The number of hydrogen-bond donors (Lipinski definition) is 0. The Kier molecular flexibility index (Phi) is 8.43. The number of nitrogens with zero attached hydrogens (tertiary/aromatic N) is 2. The van der Waals surface area contributed by atoms with E-state index in [0.29, 0.717) is 43.7 Å². The molecular formula is C34H35F3N2O3. The zero-order valence-corrected chi connectivity index (χ0v) is 24.1. The summed E-state index contributed by atoms with van der Waals surface area (Å²) in [6.07, 6.45) is -0.710. The molecule has 1 aliphatic rings. The molecule has 0 radical (unpaired) electrons. The average Bonchev–Trinajstić information content (AvgIpc) is 3.65. The van der Waals surface area contributed by atoms with Gasteiger partial charge in [-0.3, -0.25) is 4.79 Å². The molecule has 0 saturated heterocycles. The molecule has 1 fully saturated rings. The van der Waals surface area contributed by atoms with E-state index in [0.717, 1.165) is 47.0 Å². The van der Waals surface area contributed by atoms with Gasteiger partial charge in [-0.1, -0.05) is 71.9 Å². The van der Waals surface area contributed by atoms with Gasteiger partial charge >= 0.3 is 12.1 Å². The van der Waals surface area contributed by atoms with Crippen LogP contribution in [0.1, 0.15) is 55.0 Å². The minimum atomic E-state index is -4.34. The maximum Gasteiger partial charge on any atom is 0.416 e. The molecule has 1 aliphatic carbocycles. The van der Waals surface area contributed by atoms with Gasteiger partial charge in [-0.15, -0.1) is 0 Å². The van der Waals surface area contributed by atoms with Gasteiger partial charge in [0.25, 0.3) is 0 Å². The number of alkyl halides is 3. The van der Waals surface area contributed by atoms with E-state index in [4.69, 9.17) is 9.26 Å². The molecule has 3 aromatic carbocycles. The molecule has 0 amide bonds. The minimum absolute atomic E-state index is 0.0890. The Morgan fingerprint density at radius 3 is 2.26 bits per heavy atom. The summed E-state index contributed by atoms with van der Waals surface area (Å²) in [5, 5.41) is 4.20. The Bertz CT molecular complexity index is 1520. The number of ether oxygens (including phenoxy) is 1. The summed E-state index contributed by atoms with van der Waals surface area (Å²) in [6, 6.07) is 22.0. The van der Waals surface area contributed by atoms with Gasteiger partial charge in [-0.25, -0.2) is 0 Å². The third-order valence-corrected chi connectivity index (χ3v) is 8.05. The van der Waals surface area contributed by atoms with Gasteiger partial charge in [0.1, 0.15) is 11.4 Å². The molecule has 220 valence electrons. The Balaban J connectivity index is 1.24. The van der Waals surface area contributed by atoms with E-state index in [1.165, 1.54) is 17.7 Å². The van der Waals surface area contributed by atoms with Crippen LogP contribution in [-0.2, 0) is 27.5 Å². The number of hydrogen-bond acceptors (Lipinski definition) is 5. The van der Waals surface area contributed by atoms with Crippen LogP contribution >= 0.6 is 0 Å². The first-order chi connectivity index (χ1) is 20.1. The molecule has 42 heavy (non-hydrogen) atoms. The van der Waals surface area contributed by atoms with E-state index >= 15 is 0 Å². The predicted octanol–water partition coefficient (Wildman–Crippen LogP) is 8.39. The standard InChI is InChI=1S/C34H35F3N2O3/c1-4-41-30(40)22-33(18-19-33)28-16-14-26(15-17-28)25-10-12-27(13-11-25)32-31(23(2)38-42-32)39(3)20-6-8-24-7-5-9-29(21-24)34(35,36)37/h5,7,9-17,21H,4,6,8,18-20,22H2,1-3H3. The highest BCUT2D eigenvalue weighted by atomic mass is 19.4. The number of aromatic nitrogens is 1. The summed E-state index contributed by atoms with van der Waals surface area (Å²) < 4.78 is 50.1. The van der Waals surface area contributed by atoms with E-state index in [9.17, 15) is 18.0 Å². The zero-order valence-electron chi connectivity index (χ0n) is 24.1. The molecule has 0 aliphatic heterocycles. The molecule has 5 rings (SSSR count). The quantitative estimate of drug-likeness (QED) is 0.168. The highest BCUT2D eigenvalue weighted by Gasteiger charge is 2.46. The fourth-order valence-corrected chi connectivity index (χ4v) is 5.58. The van der Waals surface area contributed by atoms with E-state index in [1.54, 1.807) is 6.07 Å². The summed E-state index contributed by atoms with van der Waals surface area (Å²) in [7, 11) is 1.94. The lowest BCUT2D eigenvalue weighted by molar-refractivity contribution is -0.143. The second-order valence-electron chi connectivity index (χ2n) is 11.1. The fourth-order valence-electron chi connectivity index (χ4n) is 5.58. The summed E-state index contributed by atoms with van der Waals surface area (Å²) in [4.78, 5) is 14.1. The molecule has 0 N–H and O–H groups in total. The van der Waals surface area contributed by atoms with Crippen LogP contribution in [0, 0.1) is 6.92 Å². The van der Waals surface area contributed by atoms with Gasteiger partial charge in [0, 0.05) is 24.6 Å². The van der Waals surface area contributed by atoms with Crippen LogP contribution < -0.4 is 4.90 Å². The normalized spacial score (nSPS) is 14.0. The molecule has 4 aromatic rings. The molecule has 0 spiro atoms. The van der Waals surface area contributed by atoms with Gasteiger partial charge in [-0.2, -0.15) is 13.2 Å². The summed E-state index contributed by atoms with van der Waals surface area (Å²) in [5.41, 5.74) is 5.78. The molecule has 0 unspecified atom stereocenters. The summed E-state index contributed by atoms with van der Waals surface area (Å²) in [5.74, 6) is 0.517. The van der Waals surface area contributed by atoms with Crippen molar-refractivity contribution < 1.29 is 27.2 Å². The van der Waals surface area contributed by atoms with Crippen LogP contribution in [0.5, 0.6) is 0 Å². The largest absolute Gasteiger partial charge is 0.466 e. The number of anilines is 1. The van der Waals surface area contributed by atoms with E-state index in [-0.39, 0.29) is 11.4 Å². The second kappa shape index (κ2) is 12.0. The number of carbonyl (C=O) groups excluding carboxylic acids is 1. The van der Waals surface area contributed by atoms with Crippen molar-refractivity contribution in [1.82, 2.24) is 5.16 Å². The zero-order chi connectivity index (χ0) is 29.9. The summed E-state index contributed by atoms with van der Waals surface area (Å²) in [6.45, 7) is 4.75. The van der Waals surface area contributed by atoms with Gasteiger partial charge in [0.15, 0.2) is 5.76 Å². The monoisotopic (exact) mass is 576 g/mol. The van der Waals surface area contributed by atoms with E-state index in [1.807, 2.05) is 50.1 Å². The van der Waals surface area contributed by atoms with Crippen molar-refractivity contribution >= 4 is 11.7 Å². The van der Waals surface area contributed by atoms with Crippen LogP contribution in [-0.4, -0.2) is 31.3 Å². The first-order valence-corrected chi connectivity index (χ1v) is 14.3. The van der Waals surface area contributed by atoms with Crippen LogP contribution in [0.15, 0.2) is 77.3 Å². The molecule has 1 saturated carbocycles. The van der Waals surface area contributed by atoms with Crippen LogP contribution in [0.25, 0.3) is 22.5 Å². The lowest BCUT2D eigenvalue weighted by Gasteiger charge is -2.19. The molecule has 8 heteroatoms. The molecule has 5 nitrogen and oxygen atoms in total. The average molecular weight is 577 g/mol. The van der Waals surface area contributed by atoms with Crippen LogP contribution in [0.3, 0.4) is 0 Å². The van der Waals surface area contributed by atoms with Crippen molar-refractivity contribution in [3.63, 3.8) is 0 Å². The van der Waals surface area contributed by atoms with E-state index in [2.05, 4.69) is 29.4 Å². The first-order valence-electron chi connectivity index (χ1n) is 14.3. The van der Waals surface area contributed by atoms with Crippen molar-refractivity contribution in [2.45, 2.75) is 57.5 Å². The van der Waals surface area contributed by atoms with Crippen molar-refractivity contribution in [2.24, 2.45) is 0 Å². The van der Waals surface area contributed by atoms with Crippen molar-refractivity contribution in [3.8, 4) is 22.5 Å². The fraction of sp³-hybridized carbons (Fsp3) is 0.353. The van der Waals surface area contributed by atoms with Crippen molar-refractivity contribution in [2.75, 3.05) is 25.1 Å². The van der Waals surface area contributed by atoms with Gasteiger partial charge in [-0.05, 0) is 67.9 Å². The Hall–Kier alpha value is -4.07. The number of esters is 1. The first kappa shape index (κ1) is 29.4. The molecule has 1 aromatic heterocycles. The number of rotatable bonds is 11. The van der Waals surface area contributed by atoms with Crippen LogP contribution in [0.4, 0.5) is 18.9 Å². The molecule has 0 atom stereocenters. The minimum Gasteiger partial charge on any atom is -0.466 e. The van der Waals surface area contributed by atoms with Crippen LogP contribution in [0.2, 0.25) is 0 Å².